The number of carboxylic acid groups (broad SMARTS) is 1. The average molecular weight is 1350 g/mol. The standard InChI is InChI=1S/C87H161NO8/c1-6-8-10-12-14-16-18-20-22-24-26-28-30-32-34-36-38-40-41-42-43-44-45-46-48-50-52-54-56-58-60-62-64-66-68-70-72-74-76-78-85(90)96-83(82-95-87(86(91)92)93-80-79-88(3,4)5)81-94-84(89)77-75-73-71-69-67-65-63-61-59-57-55-53-51-49-47-39-37-35-33-31-29-27-25-23-21-19-17-15-13-11-9-7-2/h8,10,14,16,20,22,26,28,32,34,83,87H,6-7,9,11-13,15,17-19,21,23-25,27,29-31,33,35-82H2,1-5H3/p+1/b10-8-,16-14-,22-20-,28-26-,34-32-. The van der Waals surface area contributed by atoms with Gasteiger partial charge in [-0.25, -0.2) is 4.79 Å². The first-order valence-corrected chi connectivity index (χ1v) is 42.0. The second-order valence-corrected chi connectivity index (χ2v) is 29.8. The maximum atomic E-state index is 13.0. The zero-order valence-electron chi connectivity index (χ0n) is 64.6. The number of aliphatic carboxylic acids is 1. The molecule has 0 spiro atoms. The average Bonchev–Trinajstić information content (AvgIpc) is 2.40. The van der Waals surface area contributed by atoms with E-state index in [4.69, 9.17) is 18.9 Å². The van der Waals surface area contributed by atoms with Crippen molar-refractivity contribution in [2.24, 2.45) is 0 Å². The van der Waals surface area contributed by atoms with E-state index in [1.807, 2.05) is 21.1 Å². The molecule has 0 bridgehead atoms. The van der Waals surface area contributed by atoms with Gasteiger partial charge in [0.1, 0.15) is 13.2 Å². The SMILES string of the molecule is CC/C=C\C/C=C\C/C=C\C/C=C\C/C=C\CCCCCCCCCCCCCCCCCCCCCCCCCC(=O)OC(COC(=O)CCCCCCCCCCCCCCCCCCCCCCCCCCCCCCCCCC)COC(OCC[N+](C)(C)C)C(=O)O. The molecule has 0 aliphatic heterocycles. The summed E-state index contributed by atoms with van der Waals surface area (Å²) in [5.41, 5.74) is 0. The zero-order valence-corrected chi connectivity index (χ0v) is 64.6. The summed E-state index contributed by atoms with van der Waals surface area (Å²) in [5.74, 6) is -1.97. The van der Waals surface area contributed by atoms with Crippen molar-refractivity contribution >= 4 is 17.9 Å². The maximum Gasteiger partial charge on any atom is 0.361 e. The predicted octanol–water partition coefficient (Wildman–Crippen LogP) is 27.0. The number of unbranched alkanes of at least 4 members (excludes halogenated alkanes) is 54. The van der Waals surface area contributed by atoms with Crippen LogP contribution in [0.15, 0.2) is 60.8 Å². The fourth-order valence-electron chi connectivity index (χ4n) is 12.7. The number of hydrogen-bond acceptors (Lipinski definition) is 7. The minimum atomic E-state index is -1.51. The molecule has 0 fully saturated rings. The predicted molar refractivity (Wildman–Crippen MR) is 415 cm³/mol. The van der Waals surface area contributed by atoms with Crippen LogP contribution in [0.25, 0.3) is 0 Å². The molecule has 0 heterocycles. The van der Waals surface area contributed by atoms with E-state index >= 15 is 0 Å². The van der Waals surface area contributed by atoms with Gasteiger partial charge in [0.05, 0.1) is 34.4 Å². The lowest BCUT2D eigenvalue weighted by Crippen LogP contribution is -2.40. The van der Waals surface area contributed by atoms with Crippen molar-refractivity contribution in [2.45, 2.75) is 431 Å². The molecule has 2 unspecified atom stereocenters. The summed E-state index contributed by atoms with van der Waals surface area (Å²) in [5, 5.41) is 9.78. The highest BCUT2D eigenvalue weighted by Crippen LogP contribution is 2.20. The molecule has 9 nitrogen and oxygen atoms in total. The Labute approximate surface area is 596 Å². The van der Waals surface area contributed by atoms with E-state index in [0.29, 0.717) is 17.4 Å². The number of rotatable bonds is 79. The number of hydrogen-bond donors (Lipinski definition) is 1. The van der Waals surface area contributed by atoms with Crippen molar-refractivity contribution in [3.63, 3.8) is 0 Å². The first-order valence-electron chi connectivity index (χ1n) is 42.0. The topological polar surface area (TPSA) is 108 Å². The highest BCUT2D eigenvalue weighted by molar-refractivity contribution is 5.71. The minimum Gasteiger partial charge on any atom is -0.477 e. The summed E-state index contributed by atoms with van der Waals surface area (Å²) in [6, 6.07) is 0. The second-order valence-electron chi connectivity index (χ2n) is 29.8. The van der Waals surface area contributed by atoms with Gasteiger partial charge in [0.15, 0.2) is 6.10 Å². The third-order valence-electron chi connectivity index (χ3n) is 19.0. The molecule has 2 atom stereocenters. The Hall–Kier alpha value is -3.01. The molecule has 0 aliphatic carbocycles. The van der Waals surface area contributed by atoms with Gasteiger partial charge in [-0.1, -0.05) is 408 Å². The van der Waals surface area contributed by atoms with Crippen LogP contribution in [-0.2, 0) is 33.3 Å². The first kappa shape index (κ1) is 93.0. The van der Waals surface area contributed by atoms with Crippen LogP contribution in [-0.4, -0.2) is 87.4 Å². The lowest BCUT2D eigenvalue weighted by Gasteiger charge is -2.25. The smallest absolute Gasteiger partial charge is 0.361 e. The molecule has 0 amide bonds. The first-order chi connectivity index (χ1) is 47.1. The van der Waals surface area contributed by atoms with Crippen LogP contribution < -0.4 is 0 Å². The Morgan fingerprint density at radius 3 is 0.885 bits per heavy atom. The van der Waals surface area contributed by atoms with Gasteiger partial charge < -0.3 is 28.5 Å². The molecule has 96 heavy (non-hydrogen) atoms. The van der Waals surface area contributed by atoms with Crippen LogP contribution in [0.4, 0.5) is 0 Å². The van der Waals surface area contributed by atoms with Crippen LogP contribution in [0.3, 0.4) is 0 Å². The molecule has 0 aromatic carbocycles. The summed E-state index contributed by atoms with van der Waals surface area (Å²) in [7, 11) is 6.00. The summed E-state index contributed by atoms with van der Waals surface area (Å²) >= 11 is 0. The molecule has 562 valence electrons. The molecular formula is C87H162NO8+. The quantitative estimate of drug-likeness (QED) is 0.0211. The lowest BCUT2D eigenvalue weighted by atomic mass is 10.0. The van der Waals surface area contributed by atoms with Crippen molar-refractivity contribution in [1.29, 1.82) is 0 Å². The zero-order chi connectivity index (χ0) is 69.7. The van der Waals surface area contributed by atoms with Crippen molar-refractivity contribution in [1.82, 2.24) is 0 Å². The highest BCUT2D eigenvalue weighted by Gasteiger charge is 2.25. The van der Waals surface area contributed by atoms with Gasteiger partial charge in [0.25, 0.3) is 6.29 Å². The van der Waals surface area contributed by atoms with Gasteiger partial charge in [-0.3, -0.25) is 9.59 Å². The van der Waals surface area contributed by atoms with E-state index in [2.05, 4.69) is 74.6 Å². The van der Waals surface area contributed by atoms with Crippen molar-refractivity contribution < 1.29 is 42.9 Å². The number of carboxylic acids is 1. The van der Waals surface area contributed by atoms with E-state index in [1.54, 1.807) is 0 Å². The molecular weight excluding hydrogens is 1190 g/mol. The van der Waals surface area contributed by atoms with E-state index in [1.165, 1.54) is 321 Å². The summed E-state index contributed by atoms with van der Waals surface area (Å²) < 4.78 is 23.1. The number of nitrogens with zero attached hydrogens (tertiary/aromatic N) is 1. The van der Waals surface area contributed by atoms with Gasteiger partial charge in [-0.2, -0.15) is 0 Å². The van der Waals surface area contributed by atoms with E-state index < -0.39 is 18.4 Å². The Morgan fingerprint density at radius 2 is 0.594 bits per heavy atom. The number of carbonyl (C=O) groups is 3. The van der Waals surface area contributed by atoms with Gasteiger partial charge in [-0.15, -0.1) is 0 Å². The molecule has 0 radical (unpaired) electrons. The van der Waals surface area contributed by atoms with Crippen LogP contribution in [0.2, 0.25) is 0 Å². The third-order valence-corrected chi connectivity index (χ3v) is 19.0. The lowest BCUT2D eigenvalue weighted by molar-refractivity contribution is -0.870. The molecule has 0 saturated carbocycles. The molecule has 0 aliphatic rings. The fourth-order valence-corrected chi connectivity index (χ4v) is 12.7. The van der Waals surface area contributed by atoms with E-state index in [-0.39, 0.29) is 38.2 Å². The van der Waals surface area contributed by atoms with Gasteiger partial charge in [-0.05, 0) is 57.8 Å². The van der Waals surface area contributed by atoms with E-state index in [9.17, 15) is 19.5 Å². The fraction of sp³-hybridized carbons (Fsp3) is 0.851. The monoisotopic (exact) mass is 1350 g/mol. The molecule has 0 rings (SSSR count). The summed E-state index contributed by atoms with van der Waals surface area (Å²) in [6.07, 6.45) is 101. The molecule has 0 saturated heterocycles. The third kappa shape index (κ3) is 78.3. The number of carbonyl (C=O) groups excluding carboxylic acids is 2. The van der Waals surface area contributed by atoms with Crippen molar-refractivity contribution in [2.75, 3.05) is 47.5 Å². The Kier molecular flexibility index (Phi) is 75.3. The molecule has 0 aromatic rings. The van der Waals surface area contributed by atoms with Crippen LogP contribution in [0.5, 0.6) is 0 Å². The summed E-state index contributed by atoms with van der Waals surface area (Å²) in [4.78, 5) is 37.8. The second kappa shape index (κ2) is 77.7. The minimum absolute atomic E-state index is 0.175. The maximum absolute atomic E-state index is 13.0. The highest BCUT2D eigenvalue weighted by atomic mass is 16.7. The van der Waals surface area contributed by atoms with Crippen LogP contribution in [0, 0.1) is 0 Å². The number of esters is 2. The van der Waals surface area contributed by atoms with Gasteiger partial charge >= 0.3 is 17.9 Å². The molecule has 1 N–H and O–H groups in total. The molecule has 9 heteroatoms. The Balaban J connectivity index is 3.94. The number of ether oxygens (including phenoxy) is 4. The largest absolute Gasteiger partial charge is 0.477 e. The van der Waals surface area contributed by atoms with Gasteiger partial charge in [0, 0.05) is 12.8 Å². The summed E-state index contributed by atoms with van der Waals surface area (Å²) in [6.45, 7) is 4.85. The van der Waals surface area contributed by atoms with Crippen molar-refractivity contribution in [3.05, 3.63) is 60.8 Å². The Morgan fingerprint density at radius 1 is 0.323 bits per heavy atom. The van der Waals surface area contributed by atoms with Gasteiger partial charge in [0.2, 0.25) is 0 Å². The molecule has 0 aromatic heterocycles. The Bertz CT molecular complexity index is 1760. The number of likely N-dealkylation sites (N-methyl/N-ethyl adjacent to an activating group) is 1. The van der Waals surface area contributed by atoms with E-state index in [0.717, 1.165) is 70.6 Å². The van der Waals surface area contributed by atoms with Crippen LogP contribution in [0.1, 0.15) is 418 Å². The van der Waals surface area contributed by atoms with Crippen LogP contribution >= 0.6 is 0 Å². The van der Waals surface area contributed by atoms with Crippen molar-refractivity contribution in [3.8, 4) is 0 Å². The number of allylic oxidation sites excluding steroid dienone is 10. The normalized spacial score (nSPS) is 12.9. The number of quaternary nitrogens is 1.